The van der Waals surface area contributed by atoms with Crippen molar-refractivity contribution in [1.82, 2.24) is 5.32 Å². The van der Waals surface area contributed by atoms with Gasteiger partial charge in [-0.2, -0.15) is 13.2 Å². The maximum atomic E-state index is 12.2. The van der Waals surface area contributed by atoms with Gasteiger partial charge in [0.05, 0.1) is 6.42 Å². The summed E-state index contributed by atoms with van der Waals surface area (Å²) in [4.78, 5) is 10.8. The summed E-state index contributed by atoms with van der Waals surface area (Å²) in [6, 6.07) is 0. The first-order valence-electron chi connectivity index (χ1n) is 3.58. The zero-order valence-corrected chi connectivity index (χ0v) is 6.96. The highest BCUT2D eigenvalue weighted by atomic mass is 19.4. The van der Waals surface area contributed by atoms with E-state index in [-0.39, 0.29) is 17.6 Å². The summed E-state index contributed by atoms with van der Waals surface area (Å²) in [5.74, 6) is -0.664. The van der Waals surface area contributed by atoms with Crippen LogP contribution in [0, 0.1) is 0 Å². The van der Waals surface area contributed by atoms with E-state index in [1.807, 2.05) is 0 Å². The van der Waals surface area contributed by atoms with Gasteiger partial charge in [-0.05, 0) is 18.1 Å². The second-order valence-electron chi connectivity index (χ2n) is 2.83. The van der Waals surface area contributed by atoms with Gasteiger partial charge in [0, 0.05) is 0 Å². The van der Waals surface area contributed by atoms with E-state index in [4.69, 9.17) is 0 Å². The molecule has 13 heavy (non-hydrogen) atoms. The summed E-state index contributed by atoms with van der Waals surface area (Å²) in [5.41, 5.74) is -0.767. The molecule has 0 aromatic rings. The van der Waals surface area contributed by atoms with Crippen LogP contribution in [-0.4, -0.2) is 12.1 Å². The van der Waals surface area contributed by atoms with Crippen molar-refractivity contribution < 1.29 is 18.0 Å². The van der Waals surface area contributed by atoms with Gasteiger partial charge in [0.15, 0.2) is 0 Å². The highest BCUT2D eigenvalue weighted by molar-refractivity contribution is 5.84. The number of allylic oxidation sites excluding steroid dienone is 2. The summed E-state index contributed by atoms with van der Waals surface area (Å²) < 4.78 is 36.7. The minimum Gasteiger partial charge on any atom is -0.321 e. The normalized spacial score (nSPS) is 19.1. The molecule has 1 N–H and O–H groups in total. The lowest BCUT2D eigenvalue weighted by molar-refractivity contribution is -0.126. The molecule has 0 saturated heterocycles. The number of hydrogen-bond acceptors (Lipinski definition) is 1. The molecule has 0 aromatic heterocycles. The molecule has 0 fully saturated rings. The van der Waals surface area contributed by atoms with Gasteiger partial charge in [0.2, 0.25) is 5.91 Å². The molecule has 1 aliphatic rings. The van der Waals surface area contributed by atoms with Crippen LogP contribution in [0.4, 0.5) is 13.2 Å². The highest BCUT2D eigenvalue weighted by Gasteiger charge is 2.39. The van der Waals surface area contributed by atoms with Crippen molar-refractivity contribution in [3.63, 3.8) is 0 Å². The Bertz CT molecular complexity index is 301. The van der Waals surface area contributed by atoms with Crippen molar-refractivity contribution in [3.8, 4) is 0 Å². The van der Waals surface area contributed by atoms with Crippen LogP contribution in [0.3, 0.4) is 0 Å². The Balaban J connectivity index is 3.12. The third-order valence-electron chi connectivity index (χ3n) is 1.83. The quantitative estimate of drug-likeness (QED) is 0.622. The Morgan fingerprint density at radius 2 is 2.00 bits per heavy atom. The van der Waals surface area contributed by atoms with E-state index < -0.39 is 17.8 Å². The first kappa shape index (κ1) is 9.83. The maximum absolute atomic E-state index is 12.2. The SMILES string of the molecule is C=C1CC(=O)NC(C(F)(F)F)=C1C. The summed E-state index contributed by atoms with van der Waals surface area (Å²) in [5, 5.41) is 1.79. The largest absolute Gasteiger partial charge is 0.431 e. The topological polar surface area (TPSA) is 29.1 Å². The number of rotatable bonds is 0. The standard InChI is InChI=1S/C8H8F3NO/c1-4-3-6(13)12-7(5(4)2)8(9,10)11/h1,3H2,2H3,(H,12,13). The number of carbonyl (C=O) groups is 1. The smallest absolute Gasteiger partial charge is 0.321 e. The van der Waals surface area contributed by atoms with Crippen molar-refractivity contribution in [1.29, 1.82) is 0 Å². The Morgan fingerprint density at radius 1 is 1.46 bits per heavy atom. The zero-order chi connectivity index (χ0) is 10.2. The lowest BCUT2D eigenvalue weighted by Gasteiger charge is -2.22. The van der Waals surface area contributed by atoms with E-state index in [0.717, 1.165) is 0 Å². The van der Waals surface area contributed by atoms with Crippen LogP contribution in [0.2, 0.25) is 0 Å². The third kappa shape index (κ3) is 1.91. The monoisotopic (exact) mass is 191 g/mol. The van der Waals surface area contributed by atoms with Crippen LogP contribution in [0.15, 0.2) is 23.4 Å². The third-order valence-corrected chi connectivity index (χ3v) is 1.83. The average Bonchev–Trinajstić information content (AvgIpc) is 1.94. The number of hydrogen-bond donors (Lipinski definition) is 1. The predicted octanol–water partition coefficient (Wildman–Crippen LogP) is 1.90. The Hall–Kier alpha value is -1.26. The lowest BCUT2D eigenvalue weighted by atomic mass is 10.00. The van der Waals surface area contributed by atoms with E-state index >= 15 is 0 Å². The molecule has 0 bridgehead atoms. The fourth-order valence-corrected chi connectivity index (χ4v) is 1.06. The molecule has 0 unspecified atom stereocenters. The first-order valence-corrected chi connectivity index (χ1v) is 3.58. The van der Waals surface area contributed by atoms with E-state index in [1.54, 1.807) is 5.32 Å². The van der Waals surface area contributed by atoms with Crippen LogP contribution in [0.1, 0.15) is 13.3 Å². The van der Waals surface area contributed by atoms with Crippen LogP contribution in [0.5, 0.6) is 0 Å². The molecule has 1 rings (SSSR count). The minimum absolute atomic E-state index is 0.00657. The van der Waals surface area contributed by atoms with E-state index in [9.17, 15) is 18.0 Å². The van der Waals surface area contributed by atoms with E-state index in [1.165, 1.54) is 6.92 Å². The van der Waals surface area contributed by atoms with Gasteiger partial charge >= 0.3 is 6.18 Å². The number of halogens is 3. The van der Waals surface area contributed by atoms with Crippen LogP contribution < -0.4 is 5.32 Å². The van der Waals surface area contributed by atoms with E-state index in [0.29, 0.717) is 0 Å². The predicted molar refractivity (Wildman–Crippen MR) is 40.7 cm³/mol. The fraction of sp³-hybridized carbons (Fsp3) is 0.375. The molecule has 2 nitrogen and oxygen atoms in total. The summed E-state index contributed by atoms with van der Waals surface area (Å²) in [7, 11) is 0. The molecule has 5 heteroatoms. The van der Waals surface area contributed by atoms with Gasteiger partial charge in [0.1, 0.15) is 5.70 Å². The van der Waals surface area contributed by atoms with Gasteiger partial charge in [-0.25, -0.2) is 0 Å². The van der Waals surface area contributed by atoms with Gasteiger partial charge in [-0.15, -0.1) is 0 Å². The van der Waals surface area contributed by atoms with Crippen molar-refractivity contribution in [2.24, 2.45) is 0 Å². The summed E-state index contributed by atoms with van der Waals surface area (Å²) in [6.45, 7) is 4.69. The molecule has 0 aromatic carbocycles. The molecule has 72 valence electrons. The molecular weight excluding hydrogens is 183 g/mol. The number of amides is 1. The Labute approximate surface area is 73.1 Å². The van der Waals surface area contributed by atoms with Crippen LogP contribution in [-0.2, 0) is 4.79 Å². The average molecular weight is 191 g/mol. The van der Waals surface area contributed by atoms with Crippen LogP contribution in [0.25, 0.3) is 0 Å². The second-order valence-corrected chi connectivity index (χ2v) is 2.83. The molecule has 1 amide bonds. The fourth-order valence-electron chi connectivity index (χ4n) is 1.06. The van der Waals surface area contributed by atoms with Crippen molar-refractivity contribution >= 4 is 5.91 Å². The Kier molecular flexibility index (Phi) is 2.19. The molecule has 1 heterocycles. The van der Waals surface area contributed by atoms with Crippen molar-refractivity contribution in [2.75, 3.05) is 0 Å². The summed E-state index contributed by atoms with van der Waals surface area (Å²) in [6.07, 6.45) is -4.57. The molecule has 1 aliphatic heterocycles. The van der Waals surface area contributed by atoms with Gasteiger partial charge in [-0.1, -0.05) is 6.58 Å². The number of carbonyl (C=O) groups excluding carboxylic acids is 1. The number of nitrogens with one attached hydrogen (secondary N) is 1. The van der Waals surface area contributed by atoms with Gasteiger partial charge in [-0.3, -0.25) is 4.79 Å². The second kappa shape index (κ2) is 2.90. The molecule has 0 radical (unpaired) electrons. The van der Waals surface area contributed by atoms with Crippen LogP contribution >= 0.6 is 0 Å². The van der Waals surface area contributed by atoms with Crippen molar-refractivity contribution in [3.05, 3.63) is 23.4 Å². The summed E-state index contributed by atoms with van der Waals surface area (Å²) >= 11 is 0. The Morgan fingerprint density at radius 3 is 2.46 bits per heavy atom. The minimum atomic E-state index is -4.51. The molecular formula is C8H8F3NO. The van der Waals surface area contributed by atoms with E-state index in [2.05, 4.69) is 6.58 Å². The van der Waals surface area contributed by atoms with Crippen molar-refractivity contribution in [2.45, 2.75) is 19.5 Å². The van der Waals surface area contributed by atoms with Gasteiger partial charge < -0.3 is 5.32 Å². The van der Waals surface area contributed by atoms with Gasteiger partial charge in [0.25, 0.3) is 0 Å². The molecule has 0 aliphatic carbocycles. The first-order chi connectivity index (χ1) is 5.82. The highest BCUT2D eigenvalue weighted by Crippen LogP contribution is 2.31. The molecule has 0 saturated carbocycles. The maximum Gasteiger partial charge on any atom is 0.431 e. The molecule has 0 atom stereocenters. The number of alkyl halides is 3. The molecule has 0 spiro atoms. The lowest BCUT2D eigenvalue weighted by Crippen LogP contribution is -2.36. The zero-order valence-electron chi connectivity index (χ0n) is 6.96.